The number of benzene rings is 1. The molecular formula is C23H33N3O10S. The SMILES string of the molecule is COCCOCCOCCOCCOCCOc1cc(C(=O)OC)cc(NCc2cncs2)c1[N+](=O)[O-]. The van der Waals surface area contributed by atoms with Gasteiger partial charge in [-0.25, -0.2) is 4.79 Å². The van der Waals surface area contributed by atoms with Crippen LogP contribution < -0.4 is 10.1 Å². The maximum absolute atomic E-state index is 12.1. The number of nitrogens with one attached hydrogen (secondary N) is 1. The molecule has 0 aliphatic carbocycles. The van der Waals surface area contributed by atoms with Crippen molar-refractivity contribution in [3.05, 3.63) is 44.4 Å². The van der Waals surface area contributed by atoms with E-state index in [-0.39, 0.29) is 35.9 Å². The van der Waals surface area contributed by atoms with Crippen LogP contribution in [0.1, 0.15) is 15.2 Å². The Bertz CT molecular complexity index is 930. The first-order chi connectivity index (χ1) is 18.1. The molecule has 1 heterocycles. The van der Waals surface area contributed by atoms with Crippen LogP contribution in [0, 0.1) is 10.1 Å². The number of carbonyl (C=O) groups excluding carboxylic acids is 1. The molecule has 14 heteroatoms. The van der Waals surface area contributed by atoms with E-state index in [2.05, 4.69) is 10.3 Å². The number of aromatic nitrogens is 1. The zero-order valence-corrected chi connectivity index (χ0v) is 21.8. The average Bonchev–Trinajstić information content (AvgIpc) is 3.42. The van der Waals surface area contributed by atoms with E-state index in [0.29, 0.717) is 59.4 Å². The van der Waals surface area contributed by atoms with Gasteiger partial charge in [-0.3, -0.25) is 15.1 Å². The summed E-state index contributed by atoms with van der Waals surface area (Å²) >= 11 is 1.40. The number of hydrogen-bond acceptors (Lipinski definition) is 13. The largest absolute Gasteiger partial charge is 0.484 e. The molecule has 1 aromatic carbocycles. The lowest BCUT2D eigenvalue weighted by molar-refractivity contribution is -0.385. The molecule has 0 spiro atoms. The molecule has 2 rings (SSSR count). The van der Waals surface area contributed by atoms with Crippen LogP contribution in [0.4, 0.5) is 11.4 Å². The zero-order chi connectivity index (χ0) is 26.7. The highest BCUT2D eigenvalue weighted by molar-refractivity contribution is 7.09. The Balaban J connectivity index is 1.74. The van der Waals surface area contributed by atoms with E-state index in [4.69, 9.17) is 33.2 Å². The smallest absolute Gasteiger partial charge is 0.338 e. The first kappa shape index (κ1) is 30.3. The van der Waals surface area contributed by atoms with E-state index < -0.39 is 10.9 Å². The molecule has 2 aromatic rings. The summed E-state index contributed by atoms with van der Waals surface area (Å²) in [7, 11) is 2.85. The quantitative estimate of drug-likeness (QED) is 0.107. The summed E-state index contributed by atoms with van der Waals surface area (Å²) in [4.78, 5) is 28.2. The Hall–Kier alpha value is -2.88. The van der Waals surface area contributed by atoms with Crippen molar-refractivity contribution >= 4 is 28.7 Å². The van der Waals surface area contributed by atoms with Crippen molar-refractivity contribution < 1.29 is 42.9 Å². The van der Waals surface area contributed by atoms with E-state index in [1.54, 1.807) is 18.8 Å². The number of nitro benzene ring substituents is 1. The molecule has 0 aliphatic heterocycles. The van der Waals surface area contributed by atoms with Crippen LogP contribution in [-0.2, 0) is 35.0 Å². The minimum Gasteiger partial charge on any atom is -0.484 e. The summed E-state index contributed by atoms with van der Waals surface area (Å²) in [6.45, 7) is 4.10. The monoisotopic (exact) mass is 543 g/mol. The molecule has 0 saturated heterocycles. The number of anilines is 1. The summed E-state index contributed by atoms with van der Waals surface area (Å²) < 4.78 is 36.8. The first-order valence-electron chi connectivity index (χ1n) is 11.5. The van der Waals surface area contributed by atoms with Crippen LogP contribution in [0.15, 0.2) is 23.8 Å². The van der Waals surface area contributed by atoms with Gasteiger partial charge in [-0.2, -0.15) is 0 Å². The van der Waals surface area contributed by atoms with Crippen LogP contribution in [0.5, 0.6) is 5.75 Å². The predicted molar refractivity (Wildman–Crippen MR) is 135 cm³/mol. The van der Waals surface area contributed by atoms with Crippen LogP contribution in [0.3, 0.4) is 0 Å². The molecule has 0 bridgehead atoms. The fourth-order valence-corrected chi connectivity index (χ4v) is 3.44. The summed E-state index contributed by atoms with van der Waals surface area (Å²) in [5.41, 5.74) is 1.62. The van der Waals surface area contributed by atoms with E-state index in [1.165, 1.54) is 30.6 Å². The predicted octanol–water partition coefficient (Wildman–Crippen LogP) is 2.54. The molecule has 13 nitrogen and oxygen atoms in total. The number of esters is 1. The third kappa shape index (κ3) is 11.8. The molecule has 0 radical (unpaired) electrons. The van der Waals surface area contributed by atoms with Crippen LogP contribution >= 0.6 is 11.3 Å². The Morgan fingerprint density at radius 1 is 0.946 bits per heavy atom. The van der Waals surface area contributed by atoms with Gasteiger partial charge in [0.25, 0.3) is 0 Å². The number of hydrogen-bond donors (Lipinski definition) is 1. The van der Waals surface area contributed by atoms with Gasteiger partial charge in [0, 0.05) is 24.3 Å². The number of ether oxygens (including phenoxy) is 7. The van der Waals surface area contributed by atoms with E-state index in [9.17, 15) is 14.9 Å². The van der Waals surface area contributed by atoms with Gasteiger partial charge in [-0.05, 0) is 6.07 Å². The molecule has 206 valence electrons. The van der Waals surface area contributed by atoms with E-state index in [1.807, 2.05) is 0 Å². The molecule has 0 amide bonds. The second-order valence-electron chi connectivity index (χ2n) is 7.23. The summed E-state index contributed by atoms with van der Waals surface area (Å²) in [6, 6.07) is 2.65. The van der Waals surface area contributed by atoms with E-state index in [0.717, 1.165) is 4.88 Å². The van der Waals surface area contributed by atoms with Crippen molar-refractivity contribution in [3.8, 4) is 5.75 Å². The minimum absolute atomic E-state index is 0.0337. The minimum atomic E-state index is -0.642. The lowest BCUT2D eigenvalue weighted by Crippen LogP contribution is -2.15. The molecule has 1 aromatic heterocycles. The zero-order valence-electron chi connectivity index (χ0n) is 21.0. The number of rotatable bonds is 21. The molecule has 37 heavy (non-hydrogen) atoms. The van der Waals surface area contributed by atoms with Crippen molar-refractivity contribution in [2.45, 2.75) is 6.54 Å². The average molecular weight is 544 g/mol. The normalized spacial score (nSPS) is 10.9. The van der Waals surface area contributed by atoms with Crippen molar-refractivity contribution in [2.75, 3.05) is 85.6 Å². The van der Waals surface area contributed by atoms with Crippen molar-refractivity contribution in [1.29, 1.82) is 0 Å². The van der Waals surface area contributed by atoms with Gasteiger partial charge in [-0.1, -0.05) is 0 Å². The number of nitrogens with zero attached hydrogens (tertiary/aromatic N) is 2. The summed E-state index contributed by atoms with van der Waals surface area (Å²) in [5.74, 6) is -0.709. The second kappa shape index (κ2) is 18.4. The molecule has 0 fully saturated rings. The Kier molecular flexibility index (Phi) is 15.1. The van der Waals surface area contributed by atoms with Gasteiger partial charge >= 0.3 is 11.7 Å². The molecule has 0 unspecified atom stereocenters. The lowest BCUT2D eigenvalue weighted by Gasteiger charge is -2.13. The van der Waals surface area contributed by atoms with Crippen molar-refractivity contribution in [3.63, 3.8) is 0 Å². The number of thiazole rings is 1. The molecule has 0 saturated carbocycles. The van der Waals surface area contributed by atoms with Crippen molar-refractivity contribution in [1.82, 2.24) is 4.98 Å². The van der Waals surface area contributed by atoms with Crippen molar-refractivity contribution in [2.24, 2.45) is 0 Å². The topological polar surface area (TPSA) is 150 Å². The van der Waals surface area contributed by atoms with Gasteiger partial charge in [0.1, 0.15) is 12.3 Å². The number of nitro groups is 1. The third-order valence-electron chi connectivity index (χ3n) is 4.65. The standard InChI is InChI=1S/C23H33N3O10S/c1-30-3-4-32-5-6-33-7-8-34-9-10-35-11-12-36-21-14-18(23(27)31-2)13-20(22(21)26(28)29)25-16-19-15-24-17-37-19/h13-15,17,25H,3-12,16H2,1-2H3. The van der Waals surface area contributed by atoms with Gasteiger partial charge < -0.3 is 38.5 Å². The molecule has 1 N–H and O–H groups in total. The van der Waals surface area contributed by atoms with Gasteiger partial charge in [0.05, 0.1) is 89.1 Å². The summed E-state index contributed by atoms with van der Waals surface area (Å²) in [6.07, 6.45) is 1.65. The summed E-state index contributed by atoms with van der Waals surface area (Å²) in [5, 5.41) is 14.8. The van der Waals surface area contributed by atoms with Crippen LogP contribution in [0.2, 0.25) is 0 Å². The first-order valence-corrected chi connectivity index (χ1v) is 12.4. The second-order valence-corrected chi connectivity index (χ2v) is 8.20. The lowest BCUT2D eigenvalue weighted by atomic mass is 10.1. The van der Waals surface area contributed by atoms with Crippen LogP contribution in [-0.4, -0.2) is 96.2 Å². The van der Waals surface area contributed by atoms with E-state index >= 15 is 0 Å². The molecule has 0 atom stereocenters. The number of carbonyl (C=O) groups is 1. The highest BCUT2D eigenvalue weighted by atomic mass is 32.1. The Morgan fingerprint density at radius 3 is 2.05 bits per heavy atom. The van der Waals surface area contributed by atoms with Crippen LogP contribution in [0.25, 0.3) is 0 Å². The van der Waals surface area contributed by atoms with Gasteiger partial charge in [0.15, 0.2) is 5.75 Å². The fraction of sp³-hybridized carbons (Fsp3) is 0.565. The van der Waals surface area contributed by atoms with Gasteiger partial charge in [-0.15, -0.1) is 11.3 Å². The fourth-order valence-electron chi connectivity index (χ4n) is 2.90. The maximum atomic E-state index is 12.1. The highest BCUT2D eigenvalue weighted by Gasteiger charge is 2.25. The number of methoxy groups -OCH3 is 2. The maximum Gasteiger partial charge on any atom is 0.338 e. The third-order valence-corrected chi connectivity index (χ3v) is 5.43. The Labute approximate surface area is 219 Å². The molecular weight excluding hydrogens is 510 g/mol. The van der Waals surface area contributed by atoms with Gasteiger partial charge in [0.2, 0.25) is 0 Å². The Morgan fingerprint density at radius 2 is 1.54 bits per heavy atom. The highest BCUT2D eigenvalue weighted by Crippen LogP contribution is 2.37. The molecule has 0 aliphatic rings.